The van der Waals surface area contributed by atoms with Gasteiger partial charge < -0.3 is 25.5 Å². The maximum absolute atomic E-state index is 10.3. The fourth-order valence-corrected chi connectivity index (χ4v) is 1.24. The average Bonchev–Trinajstić information content (AvgIpc) is 2.08. The first-order valence-electron chi connectivity index (χ1n) is 4.26. The number of anilines is 1. The number of rotatable bonds is 4. The van der Waals surface area contributed by atoms with Gasteiger partial charge in [0.1, 0.15) is 0 Å². The first kappa shape index (κ1) is 20.5. The Morgan fingerprint density at radius 3 is 2.00 bits per heavy atom. The van der Waals surface area contributed by atoms with E-state index in [1.165, 1.54) is 18.2 Å². The Bertz CT molecular complexity index is 409. The van der Waals surface area contributed by atoms with E-state index in [1.807, 2.05) is 0 Å². The van der Waals surface area contributed by atoms with Crippen molar-refractivity contribution in [3.05, 3.63) is 29.3 Å². The van der Waals surface area contributed by atoms with Gasteiger partial charge in [0, 0.05) is 30.5 Å². The van der Waals surface area contributed by atoms with Crippen LogP contribution >= 0.6 is 0 Å². The molecule has 17 heavy (non-hydrogen) atoms. The van der Waals surface area contributed by atoms with Gasteiger partial charge in [0.15, 0.2) is 0 Å². The molecule has 0 atom stereocenters. The van der Waals surface area contributed by atoms with E-state index in [4.69, 9.17) is 5.73 Å². The molecule has 80 valence electrons. The third kappa shape index (κ3) is 8.09. The van der Waals surface area contributed by atoms with Crippen LogP contribution in [0.4, 0.5) is 5.69 Å². The molecule has 0 aliphatic heterocycles. The van der Waals surface area contributed by atoms with Gasteiger partial charge in [0.25, 0.3) is 0 Å². The molecule has 2 N–H and O–H groups in total. The van der Waals surface area contributed by atoms with E-state index in [-0.39, 0.29) is 121 Å². The van der Waals surface area contributed by atoms with Crippen molar-refractivity contribution in [2.75, 3.05) is 5.73 Å². The second-order valence-electron chi connectivity index (χ2n) is 3.13. The van der Waals surface area contributed by atoms with Gasteiger partial charge in [-0.3, -0.25) is 0 Å². The van der Waals surface area contributed by atoms with Gasteiger partial charge in [-0.05, 0) is 17.2 Å². The normalized spacial score (nSPS) is 8.71. The Labute approximate surface area is 184 Å². The zero-order valence-electron chi connectivity index (χ0n) is 9.86. The van der Waals surface area contributed by atoms with Crippen molar-refractivity contribution in [2.45, 2.75) is 12.8 Å². The third-order valence-corrected chi connectivity index (χ3v) is 1.89. The molecule has 0 aliphatic rings. The Balaban J connectivity index is 0. The Hall–Kier alpha value is 1.23. The summed E-state index contributed by atoms with van der Waals surface area (Å²) >= 11 is 0. The smallest absolute Gasteiger partial charge is 0.550 e. The van der Waals surface area contributed by atoms with Crippen LogP contribution in [-0.2, 0) is 22.4 Å². The second kappa shape index (κ2) is 10.1. The summed E-state index contributed by atoms with van der Waals surface area (Å²) < 4.78 is 0. The van der Waals surface area contributed by atoms with Crippen molar-refractivity contribution < 1.29 is 123 Å². The van der Waals surface area contributed by atoms with Gasteiger partial charge in [0.05, 0.1) is 0 Å². The van der Waals surface area contributed by atoms with Crippen LogP contribution < -0.4 is 119 Å². The van der Waals surface area contributed by atoms with Crippen LogP contribution in [-0.4, -0.2) is 11.9 Å². The van der Waals surface area contributed by atoms with Crippen LogP contribution in [0.1, 0.15) is 11.1 Å². The third-order valence-electron chi connectivity index (χ3n) is 1.89. The SMILES string of the molecule is Nc1cc(CC(=O)[O-])ccc1CC(=O)[O-].[K+].[K+]. The summed E-state index contributed by atoms with van der Waals surface area (Å²) in [5.74, 6) is -2.43. The second-order valence-corrected chi connectivity index (χ2v) is 3.13. The summed E-state index contributed by atoms with van der Waals surface area (Å²) in [6.45, 7) is 0. The van der Waals surface area contributed by atoms with E-state index in [0.717, 1.165) is 0 Å². The summed E-state index contributed by atoms with van der Waals surface area (Å²) in [6, 6.07) is 4.40. The van der Waals surface area contributed by atoms with Crippen molar-refractivity contribution in [2.24, 2.45) is 0 Å². The molecule has 7 heteroatoms. The minimum Gasteiger partial charge on any atom is -0.550 e. The summed E-state index contributed by atoms with van der Waals surface area (Å²) in [7, 11) is 0. The van der Waals surface area contributed by atoms with Crippen LogP contribution in [0, 0.1) is 0 Å². The van der Waals surface area contributed by atoms with Gasteiger partial charge in [0.2, 0.25) is 0 Å². The van der Waals surface area contributed by atoms with E-state index in [2.05, 4.69) is 0 Å². The Morgan fingerprint density at radius 2 is 1.59 bits per heavy atom. The monoisotopic (exact) mass is 285 g/mol. The van der Waals surface area contributed by atoms with Crippen LogP contribution in [0.5, 0.6) is 0 Å². The maximum atomic E-state index is 10.3. The summed E-state index contributed by atoms with van der Waals surface area (Å²) in [5.41, 5.74) is 6.68. The van der Waals surface area contributed by atoms with E-state index in [1.54, 1.807) is 0 Å². The van der Waals surface area contributed by atoms with Crippen LogP contribution in [0.3, 0.4) is 0 Å². The summed E-state index contributed by atoms with van der Waals surface area (Å²) in [5, 5.41) is 20.6. The first-order valence-corrected chi connectivity index (χ1v) is 4.26. The number of carboxylic acid groups (broad SMARTS) is 2. The average molecular weight is 285 g/mol. The molecule has 1 aromatic carbocycles. The Morgan fingerprint density at radius 1 is 1.06 bits per heavy atom. The van der Waals surface area contributed by atoms with Crippen molar-refractivity contribution in [3.8, 4) is 0 Å². The number of aliphatic carboxylic acids is 2. The summed E-state index contributed by atoms with van der Waals surface area (Å²) in [6.07, 6.45) is -0.521. The number of carboxylic acids is 2. The van der Waals surface area contributed by atoms with E-state index >= 15 is 0 Å². The Kier molecular flexibility index (Phi) is 12.2. The molecule has 1 aromatic rings. The molecule has 0 aliphatic carbocycles. The molecule has 0 aromatic heterocycles. The molecule has 0 fully saturated rings. The number of carbonyl (C=O) groups excluding carboxylic acids is 2. The molecule has 0 radical (unpaired) electrons. The fraction of sp³-hybridized carbons (Fsp3) is 0.200. The fourth-order valence-electron chi connectivity index (χ4n) is 1.24. The minimum atomic E-state index is -1.23. The van der Waals surface area contributed by atoms with Crippen molar-refractivity contribution in [1.82, 2.24) is 0 Å². The number of carbonyl (C=O) groups is 2. The molecular formula is C10H9K2NO4. The molecule has 0 saturated carbocycles. The van der Waals surface area contributed by atoms with E-state index < -0.39 is 11.9 Å². The molecule has 0 heterocycles. The number of nitrogens with two attached hydrogens (primary N) is 1. The standard InChI is InChI=1S/C10H11NO4.2K/c11-8-3-6(4-9(12)13)1-2-7(8)5-10(14)15;;/h1-3H,4-5,11H2,(H,12,13)(H,14,15);;/q;2*+1/p-2. The molecular weight excluding hydrogens is 276 g/mol. The van der Waals surface area contributed by atoms with Gasteiger partial charge in [-0.15, -0.1) is 0 Å². The molecule has 0 bridgehead atoms. The molecule has 1 rings (SSSR count). The minimum absolute atomic E-state index is 0. The quantitative estimate of drug-likeness (QED) is 0.437. The largest absolute Gasteiger partial charge is 1.00 e. The van der Waals surface area contributed by atoms with E-state index in [9.17, 15) is 19.8 Å². The maximum Gasteiger partial charge on any atom is 1.00 e. The van der Waals surface area contributed by atoms with Gasteiger partial charge in [-0.1, -0.05) is 12.1 Å². The van der Waals surface area contributed by atoms with Gasteiger partial charge in [-0.25, -0.2) is 0 Å². The van der Waals surface area contributed by atoms with Gasteiger partial charge >= 0.3 is 103 Å². The molecule has 5 nitrogen and oxygen atoms in total. The predicted molar refractivity (Wildman–Crippen MR) is 48.3 cm³/mol. The molecule has 0 saturated heterocycles. The number of benzene rings is 1. The molecule has 0 amide bonds. The van der Waals surface area contributed by atoms with Crippen molar-refractivity contribution in [3.63, 3.8) is 0 Å². The molecule has 0 unspecified atom stereocenters. The zero-order valence-corrected chi connectivity index (χ0v) is 16.1. The first-order chi connectivity index (χ1) is 6.99. The van der Waals surface area contributed by atoms with Crippen molar-refractivity contribution in [1.29, 1.82) is 0 Å². The van der Waals surface area contributed by atoms with Crippen LogP contribution in [0.25, 0.3) is 0 Å². The number of hydrogen-bond donors (Lipinski definition) is 1. The van der Waals surface area contributed by atoms with Crippen LogP contribution in [0.15, 0.2) is 18.2 Å². The van der Waals surface area contributed by atoms with Gasteiger partial charge in [-0.2, -0.15) is 0 Å². The van der Waals surface area contributed by atoms with Crippen molar-refractivity contribution >= 4 is 17.6 Å². The number of hydrogen-bond acceptors (Lipinski definition) is 5. The number of nitrogen functional groups attached to an aromatic ring is 1. The molecule has 0 spiro atoms. The van der Waals surface area contributed by atoms with Crippen LogP contribution in [0.2, 0.25) is 0 Å². The zero-order chi connectivity index (χ0) is 11.4. The summed E-state index contributed by atoms with van der Waals surface area (Å²) in [4.78, 5) is 20.6. The topological polar surface area (TPSA) is 106 Å². The predicted octanol–water partition coefficient (Wildman–Crippen LogP) is -8.14. The van der Waals surface area contributed by atoms with E-state index in [0.29, 0.717) is 11.1 Å².